The molecule has 0 bridgehead atoms. The highest BCUT2D eigenvalue weighted by Crippen LogP contribution is 2.22. The first-order chi connectivity index (χ1) is 12.2. The Morgan fingerprint density at radius 3 is 2.44 bits per heavy atom. The Hall–Kier alpha value is -2.62. The molecule has 1 heterocycles. The van der Waals surface area contributed by atoms with Gasteiger partial charge >= 0.3 is 5.97 Å². The van der Waals surface area contributed by atoms with E-state index in [4.69, 9.17) is 4.74 Å². The molecule has 3 rings (SSSR count). The van der Waals surface area contributed by atoms with E-state index in [1.807, 2.05) is 19.2 Å². The molecular formula is C21H24N2O2. The number of esters is 1. The summed E-state index contributed by atoms with van der Waals surface area (Å²) in [4.78, 5) is 18.6. The number of piperidine rings is 1. The van der Waals surface area contributed by atoms with Crippen LogP contribution in [0.2, 0.25) is 0 Å². The van der Waals surface area contributed by atoms with Crippen molar-refractivity contribution < 1.29 is 9.53 Å². The van der Waals surface area contributed by atoms with Gasteiger partial charge in [0.15, 0.2) is 0 Å². The smallest absolute Gasteiger partial charge is 0.337 e. The number of carbonyl (C=O) groups excluding carboxylic acids is 1. The maximum atomic E-state index is 11.6. The third kappa shape index (κ3) is 4.27. The molecule has 4 nitrogen and oxygen atoms in total. The zero-order chi connectivity index (χ0) is 17.6. The van der Waals surface area contributed by atoms with E-state index in [1.165, 1.54) is 32.1 Å². The number of aliphatic imine (C=N–C) groups is 1. The molecule has 1 saturated heterocycles. The molecular weight excluding hydrogens is 312 g/mol. The summed E-state index contributed by atoms with van der Waals surface area (Å²) in [6.45, 7) is 4.25. The highest BCUT2D eigenvalue weighted by molar-refractivity contribution is 5.90. The molecule has 0 amide bonds. The van der Waals surface area contributed by atoms with Crippen molar-refractivity contribution >= 4 is 23.6 Å². The molecule has 130 valence electrons. The van der Waals surface area contributed by atoms with Crippen LogP contribution in [0, 0.1) is 6.92 Å². The molecule has 0 unspecified atom stereocenters. The second-order valence-corrected chi connectivity index (χ2v) is 6.39. The third-order valence-electron chi connectivity index (χ3n) is 4.58. The number of benzene rings is 2. The summed E-state index contributed by atoms with van der Waals surface area (Å²) in [6.07, 6.45) is 5.77. The van der Waals surface area contributed by atoms with Gasteiger partial charge in [0, 0.05) is 25.0 Å². The number of ether oxygens (including phenoxy) is 1. The van der Waals surface area contributed by atoms with Crippen molar-refractivity contribution in [2.24, 2.45) is 4.99 Å². The molecule has 0 aromatic heterocycles. The fraction of sp³-hybridized carbons (Fsp3) is 0.333. The van der Waals surface area contributed by atoms with Crippen LogP contribution in [0.15, 0.2) is 47.5 Å². The molecule has 0 spiro atoms. The van der Waals surface area contributed by atoms with Gasteiger partial charge in [-0.25, -0.2) is 4.79 Å². The van der Waals surface area contributed by atoms with Crippen LogP contribution in [0.25, 0.3) is 0 Å². The average molecular weight is 336 g/mol. The summed E-state index contributed by atoms with van der Waals surface area (Å²) < 4.78 is 4.74. The van der Waals surface area contributed by atoms with Crippen molar-refractivity contribution in [3.05, 3.63) is 59.2 Å². The maximum absolute atomic E-state index is 11.6. The lowest BCUT2D eigenvalue weighted by Crippen LogP contribution is -2.29. The van der Waals surface area contributed by atoms with Gasteiger partial charge in [-0.2, -0.15) is 0 Å². The number of nitrogens with zero attached hydrogens (tertiary/aromatic N) is 2. The fourth-order valence-electron chi connectivity index (χ4n) is 3.11. The lowest BCUT2D eigenvalue weighted by molar-refractivity contribution is 0.0600. The molecule has 1 aliphatic rings. The van der Waals surface area contributed by atoms with Crippen LogP contribution >= 0.6 is 0 Å². The first-order valence-electron chi connectivity index (χ1n) is 8.75. The molecule has 2 aromatic carbocycles. The number of methoxy groups -OCH3 is 1. The van der Waals surface area contributed by atoms with Crippen molar-refractivity contribution in [3.63, 3.8) is 0 Å². The lowest BCUT2D eigenvalue weighted by atomic mass is 10.1. The summed E-state index contributed by atoms with van der Waals surface area (Å²) >= 11 is 0. The van der Waals surface area contributed by atoms with Crippen LogP contribution < -0.4 is 4.90 Å². The van der Waals surface area contributed by atoms with Crippen LogP contribution in [0.4, 0.5) is 11.4 Å². The van der Waals surface area contributed by atoms with Gasteiger partial charge in [-0.15, -0.1) is 0 Å². The SMILES string of the molecule is COC(=O)c1ccc(N=Cc2ccc(N3CCCCC3)cc2)c(C)c1. The molecule has 0 atom stereocenters. The Balaban J connectivity index is 1.70. The van der Waals surface area contributed by atoms with E-state index in [9.17, 15) is 4.79 Å². The normalized spacial score (nSPS) is 14.7. The Bertz CT molecular complexity index is 760. The first kappa shape index (κ1) is 17.2. The van der Waals surface area contributed by atoms with Crippen LogP contribution in [0.3, 0.4) is 0 Å². The van der Waals surface area contributed by atoms with Gasteiger partial charge < -0.3 is 9.64 Å². The molecule has 25 heavy (non-hydrogen) atoms. The van der Waals surface area contributed by atoms with E-state index >= 15 is 0 Å². The molecule has 0 aliphatic carbocycles. The number of aryl methyl sites for hydroxylation is 1. The molecule has 0 saturated carbocycles. The quantitative estimate of drug-likeness (QED) is 0.609. The van der Waals surface area contributed by atoms with Crippen molar-refractivity contribution in [3.8, 4) is 0 Å². The van der Waals surface area contributed by atoms with Gasteiger partial charge in [0.1, 0.15) is 0 Å². The number of rotatable bonds is 4. The predicted molar refractivity (Wildman–Crippen MR) is 102 cm³/mol. The van der Waals surface area contributed by atoms with Crippen molar-refractivity contribution in [2.75, 3.05) is 25.1 Å². The van der Waals surface area contributed by atoms with Crippen molar-refractivity contribution in [1.29, 1.82) is 0 Å². The minimum absolute atomic E-state index is 0.327. The predicted octanol–water partition coefficient (Wildman–Crippen LogP) is 4.52. The maximum Gasteiger partial charge on any atom is 0.337 e. The van der Waals surface area contributed by atoms with Gasteiger partial charge in [-0.05, 0) is 67.6 Å². The average Bonchev–Trinajstić information content (AvgIpc) is 2.67. The monoisotopic (exact) mass is 336 g/mol. The van der Waals surface area contributed by atoms with Gasteiger partial charge in [0.25, 0.3) is 0 Å². The Morgan fingerprint density at radius 2 is 1.80 bits per heavy atom. The third-order valence-corrected chi connectivity index (χ3v) is 4.58. The van der Waals surface area contributed by atoms with Gasteiger partial charge in [-0.3, -0.25) is 4.99 Å². The fourth-order valence-corrected chi connectivity index (χ4v) is 3.11. The van der Waals surface area contributed by atoms with Gasteiger partial charge in [0.2, 0.25) is 0 Å². The van der Waals surface area contributed by atoms with E-state index < -0.39 is 0 Å². The van der Waals surface area contributed by atoms with Crippen molar-refractivity contribution in [1.82, 2.24) is 0 Å². The van der Waals surface area contributed by atoms with Crippen LogP contribution in [0.5, 0.6) is 0 Å². The lowest BCUT2D eigenvalue weighted by Gasteiger charge is -2.28. The number of hydrogen-bond donors (Lipinski definition) is 0. The largest absolute Gasteiger partial charge is 0.465 e. The highest BCUT2D eigenvalue weighted by atomic mass is 16.5. The molecule has 1 aliphatic heterocycles. The Kier molecular flexibility index (Phi) is 5.49. The van der Waals surface area contributed by atoms with Crippen molar-refractivity contribution in [2.45, 2.75) is 26.2 Å². The number of hydrogen-bond acceptors (Lipinski definition) is 4. The molecule has 0 radical (unpaired) electrons. The van der Waals surface area contributed by atoms with E-state index in [0.29, 0.717) is 5.56 Å². The topological polar surface area (TPSA) is 41.9 Å². The van der Waals surface area contributed by atoms with E-state index in [2.05, 4.69) is 34.2 Å². The van der Waals surface area contributed by atoms with E-state index in [1.54, 1.807) is 12.1 Å². The van der Waals surface area contributed by atoms with Crippen LogP contribution in [0.1, 0.15) is 40.7 Å². The van der Waals surface area contributed by atoms with Crippen LogP contribution in [-0.2, 0) is 4.74 Å². The summed E-state index contributed by atoms with van der Waals surface area (Å²) in [7, 11) is 1.39. The molecule has 0 N–H and O–H groups in total. The zero-order valence-corrected chi connectivity index (χ0v) is 14.9. The minimum Gasteiger partial charge on any atom is -0.465 e. The second-order valence-electron chi connectivity index (χ2n) is 6.39. The molecule has 2 aromatic rings. The van der Waals surface area contributed by atoms with E-state index in [-0.39, 0.29) is 5.97 Å². The highest BCUT2D eigenvalue weighted by Gasteiger charge is 2.10. The van der Waals surface area contributed by atoms with Crippen LogP contribution in [-0.4, -0.2) is 32.4 Å². The first-order valence-corrected chi connectivity index (χ1v) is 8.75. The summed E-state index contributed by atoms with van der Waals surface area (Å²) in [5, 5.41) is 0. The summed E-state index contributed by atoms with van der Waals surface area (Å²) in [5.41, 5.74) is 4.70. The van der Waals surface area contributed by atoms with Gasteiger partial charge in [0.05, 0.1) is 18.4 Å². The number of carbonyl (C=O) groups is 1. The Labute approximate surface area is 149 Å². The number of anilines is 1. The standard InChI is InChI=1S/C21H24N2O2/c1-16-14-18(21(24)25-2)8-11-20(16)22-15-17-6-9-19(10-7-17)23-12-4-3-5-13-23/h6-11,14-15H,3-5,12-13H2,1-2H3. The molecule has 1 fully saturated rings. The summed E-state index contributed by atoms with van der Waals surface area (Å²) in [5.74, 6) is -0.327. The summed E-state index contributed by atoms with van der Waals surface area (Å²) in [6, 6.07) is 13.9. The Morgan fingerprint density at radius 1 is 1.08 bits per heavy atom. The minimum atomic E-state index is -0.327. The zero-order valence-electron chi connectivity index (χ0n) is 14.9. The molecule has 4 heteroatoms. The second kappa shape index (κ2) is 7.97. The van der Waals surface area contributed by atoms with E-state index in [0.717, 1.165) is 29.9 Å². The van der Waals surface area contributed by atoms with Gasteiger partial charge in [-0.1, -0.05) is 12.1 Å².